The molecule has 1 saturated heterocycles. The Kier molecular flexibility index (Phi) is 7.04. The van der Waals surface area contributed by atoms with Gasteiger partial charge < -0.3 is 9.64 Å². The van der Waals surface area contributed by atoms with Gasteiger partial charge in [-0.25, -0.2) is 4.79 Å². The second-order valence-electron chi connectivity index (χ2n) is 7.03. The van der Waals surface area contributed by atoms with Crippen LogP contribution in [0.15, 0.2) is 36.7 Å². The molecule has 1 amide bonds. The Bertz CT molecular complexity index is 809. The molecule has 2 heterocycles. The standard InChI is InChI=1S/C21H27N5O2/c1-2-3-13-28-20-7-5-18(6-8-20)16-24-9-4-10-25(12-11-24)21(27)26-17-19(14-22)15-23-26/h5-8,15,17H,2-4,9-13,16H2,1H3. The minimum atomic E-state index is -0.170. The lowest BCUT2D eigenvalue weighted by atomic mass is 10.2. The van der Waals surface area contributed by atoms with Crippen LogP contribution in [0.1, 0.15) is 37.3 Å². The van der Waals surface area contributed by atoms with Gasteiger partial charge in [-0.2, -0.15) is 15.0 Å². The van der Waals surface area contributed by atoms with Gasteiger partial charge >= 0.3 is 6.03 Å². The van der Waals surface area contributed by atoms with Crippen LogP contribution in [0.4, 0.5) is 4.79 Å². The Balaban J connectivity index is 1.51. The molecule has 1 fully saturated rings. The average Bonchev–Trinajstić information content (AvgIpc) is 3.09. The number of benzene rings is 1. The summed E-state index contributed by atoms with van der Waals surface area (Å²) in [7, 11) is 0. The Hall–Kier alpha value is -2.85. The molecule has 2 aromatic rings. The summed E-state index contributed by atoms with van der Waals surface area (Å²) in [5.41, 5.74) is 1.64. The molecule has 7 nitrogen and oxygen atoms in total. The van der Waals surface area contributed by atoms with Gasteiger partial charge in [0.25, 0.3) is 0 Å². The summed E-state index contributed by atoms with van der Waals surface area (Å²) < 4.78 is 6.97. The number of nitriles is 1. The van der Waals surface area contributed by atoms with Gasteiger partial charge in [-0.05, 0) is 30.5 Å². The minimum absolute atomic E-state index is 0.170. The molecule has 0 unspecified atom stereocenters. The fourth-order valence-corrected chi connectivity index (χ4v) is 3.23. The van der Waals surface area contributed by atoms with Gasteiger partial charge in [0.1, 0.15) is 11.8 Å². The summed E-state index contributed by atoms with van der Waals surface area (Å²) in [6.45, 7) is 6.88. The van der Waals surface area contributed by atoms with E-state index in [4.69, 9.17) is 10.00 Å². The van der Waals surface area contributed by atoms with Crippen molar-refractivity contribution in [2.24, 2.45) is 0 Å². The number of carbonyl (C=O) groups is 1. The molecule has 0 saturated carbocycles. The van der Waals surface area contributed by atoms with Gasteiger partial charge in [0.2, 0.25) is 0 Å². The first-order valence-corrected chi connectivity index (χ1v) is 9.87. The summed E-state index contributed by atoms with van der Waals surface area (Å²) in [6, 6.07) is 10.1. The Morgan fingerprint density at radius 3 is 2.75 bits per heavy atom. The van der Waals surface area contributed by atoms with E-state index < -0.39 is 0 Å². The lowest BCUT2D eigenvalue weighted by molar-refractivity contribution is 0.196. The zero-order chi connectivity index (χ0) is 19.8. The highest BCUT2D eigenvalue weighted by molar-refractivity contribution is 5.76. The smallest absolute Gasteiger partial charge is 0.344 e. The Labute approximate surface area is 166 Å². The summed E-state index contributed by atoms with van der Waals surface area (Å²) in [5, 5.41) is 12.9. The Morgan fingerprint density at radius 2 is 2.04 bits per heavy atom. The second-order valence-corrected chi connectivity index (χ2v) is 7.03. The molecule has 148 valence electrons. The molecule has 7 heteroatoms. The highest BCUT2D eigenvalue weighted by atomic mass is 16.5. The van der Waals surface area contributed by atoms with E-state index in [1.165, 1.54) is 22.6 Å². The first-order valence-electron chi connectivity index (χ1n) is 9.87. The van der Waals surface area contributed by atoms with Crippen molar-refractivity contribution < 1.29 is 9.53 Å². The van der Waals surface area contributed by atoms with E-state index in [-0.39, 0.29) is 6.03 Å². The van der Waals surface area contributed by atoms with Crippen molar-refractivity contribution >= 4 is 6.03 Å². The second kappa shape index (κ2) is 9.90. The molecule has 1 aliphatic rings. The van der Waals surface area contributed by atoms with Crippen molar-refractivity contribution in [3.05, 3.63) is 47.8 Å². The van der Waals surface area contributed by atoms with Crippen molar-refractivity contribution in [1.82, 2.24) is 19.6 Å². The van der Waals surface area contributed by atoms with Crippen molar-refractivity contribution in [3.63, 3.8) is 0 Å². The number of carbonyl (C=O) groups excluding carboxylic acids is 1. The number of aromatic nitrogens is 2. The largest absolute Gasteiger partial charge is 0.494 e. The lowest BCUT2D eigenvalue weighted by Crippen LogP contribution is -2.38. The van der Waals surface area contributed by atoms with Crippen LogP contribution in [0.5, 0.6) is 5.75 Å². The molecular weight excluding hydrogens is 354 g/mol. The van der Waals surface area contributed by atoms with Gasteiger partial charge in [0.05, 0.1) is 24.6 Å². The molecule has 1 aromatic carbocycles. The lowest BCUT2D eigenvalue weighted by Gasteiger charge is -2.21. The van der Waals surface area contributed by atoms with Crippen molar-refractivity contribution in [2.75, 3.05) is 32.8 Å². The molecule has 0 atom stereocenters. The number of nitrogens with zero attached hydrogens (tertiary/aromatic N) is 5. The molecule has 0 spiro atoms. The fraction of sp³-hybridized carbons (Fsp3) is 0.476. The zero-order valence-corrected chi connectivity index (χ0v) is 16.4. The predicted octanol–water partition coefficient (Wildman–Crippen LogP) is 3.11. The number of rotatable bonds is 6. The predicted molar refractivity (Wildman–Crippen MR) is 106 cm³/mol. The number of hydrogen-bond donors (Lipinski definition) is 0. The Morgan fingerprint density at radius 1 is 1.21 bits per heavy atom. The maximum absolute atomic E-state index is 12.6. The van der Waals surface area contributed by atoms with Crippen LogP contribution in [0.25, 0.3) is 0 Å². The third-order valence-corrected chi connectivity index (χ3v) is 4.86. The number of hydrogen-bond acceptors (Lipinski definition) is 5. The van der Waals surface area contributed by atoms with Gasteiger partial charge in [0, 0.05) is 32.7 Å². The van der Waals surface area contributed by atoms with Crippen LogP contribution in [0, 0.1) is 11.3 Å². The molecule has 1 aliphatic heterocycles. The molecule has 0 bridgehead atoms. The van der Waals surface area contributed by atoms with Gasteiger partial charge in [-0.3, -0.25) is 4.90 Å². The monoisotopic (exact) mass is 381 g/mol. The highest BCUT2D eigenvalue weighted by Crippen LogP contribution is 2.15. The van der Waals surface area contributed by atoms with E-state index in [0.29, 0.717) is 18.7 Å². The normalized spacial score (nSPS) is 15.1. The first-order chi connectivity index (χ1) is 13.7. The van der Waals surface area contributed by atoms with Crippen LogP contribution in [0.2, 0.25) is 0 Å². The van der Waals surface area contributed by atoms with E-state index >= 15 is 0 Å². The SMILES string of the molecule is CCCCOc1ccc(CN2CCCN(C(=O)n3cc(C#N)cn3)CC2)cc1. The summed E-state index contributed by atoms with van der Waals surface area (Å²) in [5.74, 6) is 0.917. The van der Waals surface area contributed by atoms with Crippen LogP contribution in [-0.4, -0.2) is 58.4 Å². The summed E-state index contributed by atoms with van der Waals surface area (Å²) >= 11 is 0. The van der Waals surface area contributed by atoms with E-state index in [2.05, 4.69) is 29.1 Å². The maximum atomic E-state index is 12.6. The molecule has 28 heavy (non-hydrogen) atoms. The number of unbranched alkanes of at least 4 members (excludes halogenated alkanes) is 1. The van der Waals surface area contributed by atoms with Gasteiger partial charge in [0.15, 0.2) is 0 Å². The van der Waals surface area contributed by atoms with E-state index in [0.717, 1.165) is 51.3 Å². The molecule has 1 aromatic heterocycles. The van der Waals surface area contributed by atoms with Crippen molar-refractivity contribution in [1.29, 1.82) is 5.26 Å². The van der Waals surface area contributed by atoms with E-state index in [1.54, 1.807) is 4.90 Å². The van der Waals surface area contributed by atoms with Gasteiger partial charge in [-0.1, -0.05) is 25.5 Å². The number of amides is 1. The average molecular weight is 381 g/mol. The topological polar surface area (TPSA) is 74.4 Å². The van der Waals surface area contributed by atoms with Crippen LogP contribution in [-0.2, 0) is 6.54 Å². The van der Waals surface area contributed by atoms with Gasteiger partial charge in [-0.15, -0.1) is 0 Å². The fourth-order valence-electron chi connectivity index (χ4n) is 3.23. The summed E-state index contributed by atoms with van der Waals surface area (Å²) in [4.78, 5) is 16.7. The maximum Gasteiger partial charge on any atom is 0.344 e. The van der Waals surface area contributed by atoms with Crippen LogP contribution >= 0.6 is 0 Å². The van der Waals surface area contributed by atoms with Crippen molar-refractivity contribution in [2.45, 2.75) is 32.7 Å². The molecular formula is C21H27N5O2. The molecule has 3 rings (SSSR count). The third-order valence-electron chi connectivity index (χ3n) is 4.86. The van der Waals surface area contributed by atoms with E-state index in [1.807, 2.05) is 18.2 Å². The van der Waals surface area contributed by atoms with Crippen LogP contribution in [0.3, 0.4) is 0 Å². The molecule has 0 aliphatic carbocycles. The quantitative estimate of drug-likeness (QED) is 0.719. The third kappa shape index (κ3) is 5.33. The first kappa shape index (κ1) is 19.9. The molecule has 0 N–H and O–H groups in total. The summed E-state index contributed by atoms with van der Waals surface area (Å²) in [6.07, 6.45) is 6.01. The molecule has 0 radical (unpaired) electrons. The zero-order valence-electron chi connectivity index (χ0n) is 16.4. The minimum Gasteiger partial charge on any atom is -0.494 e. The van der Waals surface area contributed by atoms with E-state index in [9.17, 15) is 4.79 Å². The van der Waals surface area contributed by atoms with Crippen molar-refractivity contribution in [3.8, 4) is 11.8 Å². The van der Waals surface area contributed by atoms with Crippen LogP contribution < -0.4 is 4.74 Å². The number of ether oxygens (including phenoxy) is 1. The highest BCUT2D eigenvalue weighted by Gasteiger charge is 2.21.